The Bertz CT molecular complexity index is 819. The third kappa shape index (κ3) is 3.99. The molecule has 5 heteroatoms. The van der Waals surface area contributed by atoms with Crippen molar-refractivity contribution in [2.75, 3.05) is 13.1 Å². The number of para-hydroxylation sites is 1. The molecule has 0 radical (unpaired) electrons. The number of allylic oxidation sites excluding steroid dienone is 1. The summed E-state index contributed by atoms with van der Waals surface area (Å²) in [5, 5.41) is 4.33. The van der Waals surface area contributed by atoms with Crippen molar-refractivity contribution in [2.45, 2.75) is 38.3 Å². The van der Waals surface area contributed by atoms with Gasteiger partial charge in [0.25, 0.3) is 5.56 Å². The number of rotatable bonds is 6. The summed E-state index contributed by atoms with van der Waals surface area (Å²) >= 11 is 0. The predicted octanol–water partition coefficient (Wildman–Crippen LogP) is 2.94. The molecule has 0 aliphatic carbocycles. The SMILES string of the molecule is C=CCCC(=O)OCn1c(=O)c(C2CCNCC2)cc2ccccc21. The van der Waals surface area contributed by atoms with Gasteiger partial charge < -0.3 is 10.1 Å². The minimum Gasteiger partial charge on any atom is -0.444 e. The van der Waals surface area contributed by atoms with Crippen LogP contribution in [-0.4, -0.2) is 23.6 Å². The fourth-order valence-corrected chi connectivity index (χ4v) is 3.33. The van der Waals surface area contributed by atoms with Crippen LogP contribution in [0.25, 0.3) is 10.9 Å². The van der Waals surface area contributed by atoms with Crippen molar-refractivity contribution < 1.29 is 9.53 Å². The summed E-state index contributed by atoms with van der Waals surface area (Å²) in [6.07, 6.45) is 4.44. The molecule has 1 aliphatic rings. The zero-order chi connectivity index (χ0) is 17.6. The number of esters is 1. The van der Waals surface area contributed by atoms with Gasteiger partial charge in [0.1, 0.15) is 0 Å². The van der Waals surface area contributed by atoms with E-state index in [-0.39, 0.29) is 30.6 Å². The Kier molecular flexibility index (Phi) is 5.66. The number of ether oxygens (including phenoxy) is 1. The summed E-state index contributed by atoms with van der Waals surface area (Å²) in [6.45, 7) is 5.40. The molecular formula is C20H24N2O3. The lowest BCUT2D eigenvalue weighted by Crippen LogP contribution is -2.32. The van der Waals surface area contributed by atoms with E-state index in [1.54, 1.807) is 10.6 Å². The van der Waals surface area contributed by atoms with Gasteiger partial charge in [0.2, 0.25) is 0 Å². The maximum absolute atomic E-state index is 13.0. The zero-order valence-electron chi connectivity index (χ0n) is 14.4. The van der Waals surface area contributed by atoms with Crippen LogP contribution in [0.2, 0.25) is 0 Å². The fourth-order valence-electron chi connectivity index (χ4n) is 3.33. The van der Waals surface area contributed by atoms with E-state index in [1.165, 1.54) is 0 Å². The number of carbonyl (C=O) groups excluding carboxylic acids is 1. The van der Waals surface area contributed by atoms with Gasteiger partial charge in [0, 0.05) is 12.0 Å². The minimum atomic E-state index is -0.317. The molecule has 132 valence electrons. The Hall–Kier alpha value is -2.40. The number of hydrogen-bond donors (Lipinski definition) is 1. The van der Waals surface area contributed by atoms with Crippen LogP contribution in [0.15, 0.2) is 47.8 Å². The quantitative estimate of drug-likeness (QED) is 0.649. The summed E-state index contributed by atoms with van der Waals surface area (Å²) in [5.41, 5.74) is 1.56. The molecule has 1 saturated heterocycles. The maximum Gasteiger partial charge on any atom is 0.307 e. The molecule has 1 fully saturated rings. The molecule has 0 unspecified atom stereocenters. The normalized spacial score (nSPS) is 15.2. The number of carbonyl (C=O) groups is 1. The number of pyridine rings is 1. The first-order chi connectivity index (χ1) is 12.2. The van der Waals surface area contributed by atoms with Crippen molar-refractivity contribution in [3.8, 4) is 0 Å². The summed E-state index contributed by atoms with van der Waals surface area (Å²) < 4.78 is 6.91. The van der Waals surface area contributed by atoms with Gasteiger partial charge in [-0.15, -0.1) is 6.58 Å². The van der Waals surface area contributed by atoms with E-state index in [1.807, 2.05) is 30.3 Å². The van der Waals surface area contributed by atoms with E-state index in [9.17, 15) is 9.59 Å². The van der Waals surface area contributed by atoms with E-state index < -0.39 is 0 Å². The summed E-state index contributed by atoms with van der Waals surface area (Å²) in [4.78, 5) is 24.9. The van der Waals surface area contributed by atoms with E-state index in [0.717, 1.165) is 42.4 Å². The van der Waals surface area contributed by atoms with E-state index >= 15 is 0 Å². The van der Waals surface area contributed by atoms with Crippen LogP contribution in [0.1, 0.15) is 37.2 Å². The lowest BCUT2D eigenvalue weighted by molar-refractivity contribution is -0.147. The van der Waals surface area contributed by atoms with E-state index in [0.29, 0.717) is 6.42 Å². The first-order valence-electron chi connectivity index (χ1n) is 8.80. The molecule has 0 bridgehead atoms. The number of aromatic nitrogens is 1. The summed E-state index contributed by atoms with van der Waals surface area (Å²) in [5.74, 6) is -0.0655. The minimum absolute atomic E-state index is 0.0475. The first-order valence-corrected chi connectivity index (χ1v) is 8.80. The maximum atomic E-state index is 13.0. The van der Waals surface area contributed by atoms with Gasteiger partial charge in [-0.05, 0) is 55.8 Å². The van der Waals surface area contributed by atoms with Crippen LogP contribution >= 0.6 is 0 Å². The van der Waals surface area contributed by atoms with Gasteiger partial charge in [-0.1, -0.05) is 24.3 Å². The lowest BCUT2D eigenvalue weighted by atomic mass is 9.90. The Morgan fingerprint density at radius 3 is 2.84 bits per heavy atom. The van der Waals surface area contributed by atoms with Gasteiger partial charge in [-0.3, -0.25) is 14.2 Å². The van der Waals surface area contributed by atoms with Gasteiger partial charge in [-0.2, -0.15) is 0 Å². The van der Waals surface area contributed by atoms with Crippen molar-refractivity contribution in [3.05, 3.63) is 58.9 Å². The van der Waals surface area contributed by atoms with Crippen LogP contribution in [0.3, 0.4) is 0 Å². The van der Waals surface area contributed by atoms with Gasteiger partial charge in [0.15, 0.2) is 6.73 Å². The number of piperidine rings is 1. The van der Waals surface area contributed by atoms with Crippen molar-refractivity contribution in [2.24, 2.45) is 0 Å². The predicted molar refractivity (Wildman–Crippen MR) is 98.6 cm³/mol. The average molecular weight is 340 g/mol. The van der Waals surface area contributed by atoms with Crippen LogP contribution in [0.5, 0.6) is 0 Å². The van der Waals surface area contributed by atoms with Gasteiger partial charge in [-0.25, -0.2) is 0 Å². The molecule has 1 aromatic heterocycles. The second-order valence-electron chi connectivity index (χ2n) is 6.39. The largest absolute Gasteiger partial charge is 0.444 e. The molecular weight excluding hydrogens is 316 g/mol. The van der Waals surface area contributed by atoms with Gasteiger partial charge >= 0.3 is 5.97 Å². The van der Waals surface area contributed by atoms with Crippen molar-refractivity contribution >= 4 is 16.9 Å². The Labute approximate surface area is 147 Å². The summed E-state index contributed by atoms with van der Waals surface area (Å²) in [7, 11) is 0. The van der Waals surface area contributed by atoms with Crippen molar-refractivity contribution in [1.29, 1.82) is 0 Å². The molecule has 1 aliphatic heterocycles. The average Bonchev–Trinajstić information content (AvgIpc) is 2.66. The smallest absolute Gasteiger partial charge is 0.307 e. The lowest BCUT2D eigenvalue weighted by Gasteiger charge is -2.23. The monoisotopic (exact) mass is 340 g/mol. The molecule has 2 aromatic rings. The highest BCUT2D eigenvalue weighted by atomic mass is 16.5. The second-order valence-corrected chi connectivity index (χ2v) is 6.39. The van der Waals surface area contributed by atoms with E-state index in [2.05, 4.69) is 11.9 Å². The van der Waals surface area contributed by atoms with Crippen molar-refractivity contribution in [1.82, 2.24) is 9.88 Å². The number of fused-ring (bicyclic) bond motifs is 1. The number of nitrogens with one attached hydrogen (secondary N) is 1. The molecule has 0 atom stereocenters. The van der Waals surface area contributed by atoms with E-state index in [4.69, 9.17) is 4.74 Å². The molecule has 0 amide bonds. The molecule has 2 heterocycles. The third-order valence-corrected chi connectivity index (χ3v) is 4.72. The Balaban J connectivity index is 1.94. The highest BCUT2D eigenvalue weighted by molar-refractivity contribution is 5.79. The number of hydrogen-bond acceptors (Lipinski definition) is 4. The number of nitrogens with zero attached hydrogens (tertiary/aromatic N) is 1. The molecule has 1 aromatic carbocycles. The standard InChI is InChI=1S/C20H24N2O3/c1-2-3-8-19(23)25-14-22-18-7-5-4-6-16(18)13-17(20(22)24)15-9-11-21-12-10-15/h2,4-7,13,15,21H,1,3,8-12,14H2. The molecule has 1 N–H and O–H groups in total. The number of benzene rings is 1. The third-order valence-electron chi connectivity index (χ3n) is 4.72. The topological polar surface area (TPSA) is 60.3 Å². The first kappa shape index (κ1) is 17.4. The highest BCUT2D eigenvalue weighted by Gasteiger charge is 2.20. The molecule has 0 spiro atoms. The molecule has 5 nitrogen and oxygen atoms in total. The fraction of sp³-hybridized carbons (Fsp3) is 0.400. The second kappa shape index (κ2) is 8.12. The highest BCUT2D eigenvalue weighted by Crippen LogP contribution is 2.25. The zero-order valence-corrected chi connectivity index (χ0v) is 14.4. The van der Waals surface area contributed by atoms with Crippen LogP contribution in [0.4, 0.5) is 0 Å². The van der Waals surface area contributed by atoms with Crippen LogP contribution in [0, 0.1) is 0 Å². The Morgan fingerprint density at radius 1 is 1.32 bits per heavy atom. The van der Waals surface area contributed by atoms with Crippen LogP contribution in [-0.2, 0) is 16.3 Å². The summed E-state index contributed by atoms with van der Waals surface area (Å²) in [6, 6.07) is 9.74. The molecule has 0 saturated carbocycles. The van der Waals surface area contributed by atoms with Crippen molar-refractivity contribution in [3.63, 3.8) is 0 Å². The Morgan fingerprint density at radius 2 is 2.08 bits per heavy atom. The van der Waals surface area contributed by atoms with Gasteiger partial charge in [0.05, 0.1) is 5.52 Å². The molecule has 3 rings (SSSR count). The van der Waals surface area contributed by atoms with Crippen LogP contribution < -0.4 is 10.9 Å². The molecule has 25 heavy (non-hydrogen) atoms.